The molecule has 0 spiro atoms. The zero-order valence-corrected chi connectivity index (χ0v) is 19.2. The number of rotatable bonds is 1. The zero-order chi connectivity index (χ0) is 23.4. The van der Waals surface area contributed by atoms with E-state index < -0.39 is 0 Å². The fraction of sp³-hybridized carbons (Fsp3) is 0. The number of hydrogen-bond acceptors (Lipinski definition) is 2. The van der Waals surface area contributed by atoms with E-state index in [0.717, 1.165) is 38.8 Å². The van der Waals surface area contributed by atoms with E-state index in [1.54, 1.807) is 0 Å². The molecule has 7 aromatic carbocycles. The number of fused-ring (bicyclic) bond motifs is 5. The summed E-state index contributed by atoms with van der Waals surface area (Å²) in [5.41, 5.74) is 4.23. The molecule has 36 heavy (non-hydrogen) atoms. The van der Waals surface area contributed by atoms with Gasteiger partial charge in [0.15, 0.2) is 0 Å². The summed E-state index contributed by atoms with van der Waals surface area (Å²) < 4.78 is 12.9. The summed E-state index contributed by atoms with van der Waals surface area (Å²) in [6.07, 6.45) is 0. The summed E-state index contributed by atoms with van der Waals surface area (Å²) in [5, 5.41) is 11.9. The SMILES string of the molecule is c1ccc2c(c1)ccc1c2oc2cccc(-c3ccc4c5c3ccc3ccc6cccc(c6c35)O4)c21. The van der Waals surface area contributed by atoms with Gasteiger partial charge < -0.3 is 9.15 Å². The first-order valence-corrected chi connectivity index (χ1v) is 12.3. The third-order valence-corrected chi connectivity index (χ3v) is 7.82. The van der Waals surface area contributed by atoms with Crippen LogP contribution in [0.5, 0.6) is 11.5 Å². The molecule has 0 N–H and O–H groups in total. The maximum atomic E-state index is 6.48. The van der Waals surface area contributed by atoms with Crippen LogP contribution in [-0.4, -0.2) is 0 Å². The molecule has 0 aliphatic carbocycles. The van der Waals surface area contributed by atoms with E-state index in [0.29, 0.717) is 0 Å². The van der Waals surface area contributed by atoms with Crippen LogP contribution in [-0.2, 0) is 0 Å². The Balaban J connectivity index is 1.45. The van der Waals surface area contributed by atoms with Crippen molar-refractivity contribution in [2.75, 3.05) is 0 Å². The summed E-state index contributed by atoms with van der Waals surface area (Å²) in [5.74, 6) is 1.85. The lowest BCUT2D eigenvalue weighted by Gasteiger charge is -2.21. The Labute approximate surface area is 205 Å². The minimum absolute atomic E-state index is 0.910. The second-order valence-electron chi connectivity index (χ2n) is 9.66. The Morgan fingerprint density at radius 2 is 1.14 bits per heavy atom. The first-order valence-electron chi connectivity index (χ1n) is 12.3. The number of ether oxygens (including phenoxy) is 1. The molecular weight excluding hydrogens is 440 g/mol. The Kier molecular flexibility index (Phi) is 3.31. The largest absolute Gasteiger partial charge is 0.456 e. The topological polar surface area (TPSA) is 22.4 Å². The van der Waals surface area contributed by atoms with Crippen molar-refractivity contribution in [2.45, 2.75) is 0 Å². The first kappa shape index (κ1) is 18.5. The summed E-state index contributed by atoms with van der Waals surface area (Å²) in [6.45, 7) is 0. The third-order valence-electron chi connectivity index (χ3n) is 7.82. The van der Waals surface area contributed by atoms with Crippen LogP contribution in [0.4, 0.5) is 0 Å². The van der Waals surface area contributed by atoms with Gasteiger partial charge in [-0.15, -0.1) is 0 Å². The molecule has 2 heterocycles. The highest BCUT2D eigenvalue weighted by Crippen LogP contribution is 2.50. The Morgan fingerprint density at radius 3 is 2.11 bits per heavy atom. The molecule has 1 aromatic heterocycles. The molecule has 166 valence electrons. The van der Waals surface area contributed by atoms with Crippen LogP contribution < -0.4 is 4.74 Å². The van der Waals surface area contributed by atoms with Gasteiger partial charge in [-0.25, -0.2) is 0 Å². The van der Waals surface area contributed by atoms with Gasteiger partial charge in [-0.05, 0) is 56.9 Å². The van der Waals surface area contributed by atoms with E-state index in [2.05, 4.69) is 109 Å². The third kappa shape index (κ3) is 2.22. The van der Waals surface area contributed by atoms with Gasteiger partial charge in [-0.2, -0.15) is 0 Å². The normalized spacial score (nSPS) is 12.7. The molecule has 0 radical (unpaired) electrons. The van der Waals surface area contributed by atoms with E-state index >= 15 is 0 Å². The molecule has 2 nitrogen and oxygen atoms in total. The van der Waals surface area contributed by atoms with Crippen LogP contribution in [0.15, 0.2) is 114 Å². The Bertz CT molecular complexity index is 2230. The van der Waals surface area contributed by atoms with Crippen molar-refractivity contribution in [1.82, 2.24) is 0 Å². The van der Waals surface area contributed by atoms with Crippen LogP contribution >= 0.6 is 0 Å². The molecule has 0 unspecified atom stereocenters. The van der Waals surface area contributed by atoms with Gasteiger partial charge >= 0.3 is 0 Å². The van der Waals surface area contributed by atoms with Gasteiger partial charge in [0.05, 0.1) is 0 Å². The molecule has 0 atom stereocenters. The van der Waals surface area contributed by atoms with Crippen LogP contribution in [0.2, 0.25) is 0 Å². The van der Waals surface area contributed by atoms with Crippen LogP contribution in [0.1, 0.15) is 0 Å². The lowest BCUT2D eigenvalue weighted by molar-refractivity contribution is 0.493. The number of furan rings is 1. The van der Waals surface area contributed by atoms with Crippen LogP contribution in [0, 0.1) is 0 Å². The number of hydrogen-bond donors (Lipinski definition) is 0. The average molecular weight is 459 g/mol. The highest BCUT2D eigenvalue weighted by Gasteiger charge is 2.22. The highest BCUT2D eigenvalue weighted by molar-refractivity contribution is 6.28. The second kappa shape index (κ2) is 6.44. The van der Waals surface area contributed by atoms with Gasteiger partial charge in [0.25, 0.3) is 0 Å². The molecule has 0 saturated carbocycles. The summed E-state index contributed by atoms with van der Waals surface area (Å²) in [4.78, 5) is 0. The molecule has 0 saturated heterocycles. The average Bonchev–Trinajstić information content (AvgIpc) is 3.32. The van der Waals surface area contributed by atoms with Crippen molar-refractivity contribution in [2.24, 2.45) is 0 Å². The van der Waals surface area contributed by atoms with Crippen molar-refractivity contribution in [1.29, 1.82) is 0 Å². The Morgan fingerprint density at radius 1 is 0.389 bits per heavy atom. The molecule has 1 aliphatic rings. The quantitative estimate of drug-likeness (QED) is 0.228. The van der Waals surface area contributed by atoms with Crippen molar-refractivity contribution in [3.05, 3.63) is 109 Å². The zero-order valence-electron chi connectivity index (χ0n) is 19.2. The van der Waals surface area contributed by atoms with E-state index in [1.165, 1.54) is 48.8 Å². The smallest absolute Gasteiger partial charge is 0.143 e. The molecule has 0 fully saturated rings. The fourth-order valence-corrected chi connectivity index (χ4v) is 6.28. The van der Waals surface area contributed by atoms with Gasteiger partial charge in [-0.1, -0.05) is 84.9 Å². The van der Waals surface area contributed by atoms with E-state index in [9.17, 15) is 0 Å². The van der Waals surface area contributed by atoms with E-state index in [-0.39, 0.29) is 0 Å². The highest BCUT2D eigenvalue weighted by atomic mass is 16.5. The molecule has 2 heteroatoms. The van der Waals surface area contributed by atoms with Gasteiger partial charge in [0, 0.05) is 32.3 Å². The molecular formula is C34H18O2. The maximum Gasteiger partial charge on any atom is 0.143 e. The van der Waals surface area contributed by atoms with Crippen LogP contribution in [0.3, 0.4) is 0 Å². The number of benzene rings is 7. The lowest BCUT2D eigenvalue weighted by atomic mass is 9.89. The first-order chi connectivity index (χ1) is 17.8. The van der Waals surface area contributed by atoms with Crippen LogP contribution in [0.25, 0.3) is 76.2 Å². The van der Waals surface area contributed by atoms with Crippen molar-refractivity contribution < 1.29 is 9.15 Å². The van der Waals surface area contributed by atoms with Gasteiger partial charge in [-0.3, -0.25) is 0 Å². The molecule has 0 amide bonds. The minimum atomic E-state index is 0.910. The van der Waals surface area contributed by atoms with E-state index in [4.69, 9.17) is 9.15 Å². The predicted molar refractivity (Wildman–Crippen MR) is 149 cm³/mol. The molecule has 1 aliphatic heterocycles. The van der Waals surface area contributed by atoms with Crippen molar-refractivity contribution >= 4 is 65.0 Å². The predicted octanol–water partition coefficient (Wildman–Crippen LogP) is 9.97. The van der Waals surface area contributed by atoms with Crippen molar-refractivity contribution in [3.63, 3.8) is 0 Å². The monoisotopic (exact) mass is 458 g/mol. The lowest BCUT2D eigenvalue weighted by Crippen LogP contribution is -1.96. The summed E-state index contributed by atoms with van der Waals surface area (Å²) in [7, 11) is 0. The standard InChI is InChI=1S/C34H18O2/c1-2-7-22-19(5-1)13-16-26-32-24(8-4-10-28(32)36-34(22)26)23-17-18-29-33-25(23)15-14-21-12-11-20-6-3-9-27(35-29)30(20)31(21)33/h1-18H. The van der Waals surface area contributed by atoms with Gasteiger partial charge in [0.1, 0.15) is 22.7 Å². The molecule has 0 bridgehead atoms. The minimum Gasteiger partial charge on any atom is -0.456 e. The molecule has 9 rings (SSSR count). The Hall–Kier alpha value is -4.82. The maximum absolute atomic E-state index is 6.48. The van der Waals surface area contributed by atoms with Crippen molar-refractivity contribution in [3.8, 4) is 22.6 Å². The van der Waals surface area contributed by atoms with E-state index in [1.807, 2.05) is 0 Å². The van der Waals surface area contributed by atoms with Gasteiger partial charge in [0.2, 0.25) is 0 Å². The summed E-state index contributed by atoms with van der Waals surface area (Å²) >= 11 is 0. The summed E-state index contributed by atoms with van der Waals surface area (Å²) in [6, 6.07) is 38.7. The fourth-order valence-electron chi connectivity index (χ4n) is 6.28. The second-order valence-corrected chi connectivity index (χ2v) is 9.66. The molecule has 8 aromatic rings.